The first kappa shape index (κ1) is 18.1. The van der Waals surface area contributed by atoms with E-state index in [1.165, 1.54) is 24.0 Å². The van der Waals surface area contributed by atoms with E-state index in [1.807, 2.05) is 24.3 Å². The summed E-state index contributed by atoms with van der Waals surface area (Å²) < 4.78 is 5.58. The quantitative estimate of drug-likeness (QED) is 0.508. The molecule has 0 spiro atoms. The van der Waals surface area contributed by atoms with E-state index < -0.39 is 6.10 Å². The molecule has 1 heterocycles. The minimum Gasteiger partial charge on any atom is -0.422 e. The lowest BCUT2D eigenvalue weighted by Crippen LogP contribution is -2.20. The van der Waals surface area contributed by atoms with Gasteiger partial charge in [-0.1, -0.05) is 18.2 Å². The molecule has 1 unspecified atom stereocenters. The summed E-state index contributed by atoms with van der Waals surface area (Å²) in [6.45, 7) is 0.340. The van der Waals surface area contributed by atoms with E-state index in [9.17, 15) is 9.90 Å². The van der Waals surface area contributed by atoms with Crippen LogP contribution in [0.5, 0.6) is 0 Å². The number of aliphatic hydroxyl groups excluding tert-OH is 1. The van der Waals surface area contributed by atoms with Gasteiger partial charge in [0.15, 0.2) is 0 Å². The molecule has 0 bridgehead atoms. The summed E-state index contributed by atoms with van der Waals surface area (Å²) in [6, 6.07) is 13.8. The van der Waals surface area contributed by atoms with Crippen molar-refractivity contribution in [1.82, 2.24) is 0 Å². The fourth-order valence-corrected chi connectivity index (χ4v) is 3.72. The Labute approximate surface area is 162 Å². The minimum atomic E-state index is -0.624. The van der Waals surface area contributed by atoms with Crippen LogP contribution in [0.25, 0.3) is 22.1 Å². The molecule has 5 heteroatoms. The molecular weight excluding hydrogens is 362 g/mol. The first-order valence-electron chi connectivity index (χ1n) is 9.32. The highest BCUT2D eigenvalue weighted by Gasteiger charge is 2.13. The topological polar surface area (TPSA) is 62.5 Å². The number of halogens is 1. The van der Waals surface area contributed by atoms with Crippen LogP contribution in [0.4, 0.5) is 5.69 Å². The monoisotopic (exact) mass is 383 g/mol. The van der Waals surface area contributed by atoms with Crippen LogP contribution in [0.1, 0.15) is 24.0 Å². The zero-order valence-electron chi connectivity index (χ0n) is 15.0. The van der Waals surface area contributed by atoms with Crippen molar-refractivity contribution in [1.29, 1.82) is 0 Å². The van der Waals surface area contributed by atoms with Crippen molar-refractivity contribution in [2.45, 2.75) is 31.8 Å². The summed E-state index contributed by atoms with van der Waals surface area (Å²) >= 11 is 5.60. The van der Waals surface area contributed by atoms with Crippen LogP contribution in [0.3, 0.4) is 0 Å². The first-order valence-corrected chi connectivity index (χ1v) is 9.85. The van der Waals surface area contributed by atoms with Gasteiger partial charge in [-0.25, -0.2) is 4.79 Å². The summed E-state index contributed by atoms with van der Waals surface area (Å²) in [6.07, 6.45) is 4.02. The van der Waals surface area contributed by atoms with E-state index in [0.29, 0.717) is 17.7 Å². The van der Waals surface area contributed by atoms with Gasteiger partial charge in [0.05, 0.1) is 17.5 Å². The highest BCUT2D eigenvalue weighted by molar-refractivity contribution is 6.18. The molecule has 27 heavy (non-hydrogen) atoms. The minimum absolute atomic E-state index is 0.166. The van der Waals surface area contributed by atoms with Gasteiger partial charge in [-0.3, -0.25) is 0 Å². The molecule has 0 saturated carbocycles. The summed E-state index contributed by atoms with van der Waals surface area (Å²) in [5, 5.41) is 13.5. The Morgan fingerprint density at radius 2 is 1.89 bits per heavy atom. The Kier molecular flexibility index (Phi) is 5.19. The normalized spacial score (nSPS) is 14.7. The lowest BCUT2D eigenvalue weighted by molar-refractivity contribution is 0.211. The smallest absolute Gasteiger partial charge is 0.344 e. The molecule has 4 rings (SSSR count). The van der Waals surface area contributed by atoms with Gasteiger partial charge < -0.3 is 14.8 Å². The fraction of sp³-hybridized carbons (Fsp3) is 0.318. The number of benzene rings is 2. The first-order chi connectivity index (χ1) is 13.1. The van der Waals surface area contributed by atoms with Crippen LogP contribution in [0, 0.1) is 0 Å². The van der Waals surface area contributed by atoms with E-state index in [-0.39, 0.29) is 11.5 Å². The molecule has 0 fully saturated rings. The maximum absolute atomic E-state index is 12.6. The Hall–Kier alpha value is -2.30. The number of aliphatic hydroxyl groups is 1. The molecule has 1 atom stereocenters. The molecule has 0 saturated heterocycles. The van der Waals surface area contributed by atoms with Gasteiger partial charge in [0.1, 0.15) is 5.58 Å². The fourth-order valence-electron chi connectivity index (χ4n) is 3.61. The molecule has 0 radical (unpaired) electrons. The third-order valence-corrected chi connectivity index (χ3v) is 5.47. The lowest BCUT2D eigenvalue weighted by Gasteiger charge is -2.16. The molecule has 3 aromatic rings. The summed E-state index contributed by atoms with van der Waals surface area (Å²) in [5.41, 5.74) is 5.20. The molecule has 1 aliphatic carbocycles. The SMILES string of the molecule is O=c1oc2cc(NCC(O)CCl)ccc2cc1-c1ccc2c(c1)CCCC2. The maximum atomic E-state index is 12.6. The van der Waals surface area contributed by atoms with Crippen molar-refractivity contribution in [2.24, 2.45) is 0 Å². The highest BCUT2D eigenvalue weighted by Crippen LogP contribution is 2.28. The van der Waals surface area contributed by atoms with Crippen LogP contribution in [0.2, 0.25) is 0 Å². The molecule has 140 valence electrons. The van der Waals surface area contributed by atoms with E-state index >= 15 is 0 Å². The average Bonchev–Trinajstić information content (AvgIpc) is 2.71. The van der Waals surface area contributed by atoms with Crippen LogP contribution >= 0.6 is 11.6 Å². The van der Waals surface area contributed by atoms with Gasteiger partial charge in [-0.05, 0) is 60.6 Å². The van der Waals surface area contributed by atoms with Crippen molar-refractivity contribution in [3.8, 4) is 11.1 Å². The third kappa shape index (κ3) is 3.87. The van der Waals surface area contributed by atoms with Gasteiger partial charge in [-0.2, -0.15) is 0 Å². The number of nitrogens with one attached hydrogen (secondary N) is 1. The largest absolute Gasteiger partial charge is 0.422 e. The molecule has 2 N–H and O–H groups in total. The summed E-state index contributed by atoms with van der Waals surface area (Å²) in [5.74, 6) is 0.166. The van der Waals surface area contributed by atoms with Crippen LogP contribution < -0.4 is 10.9 Å². The van der Waals surface area contributed by atoms with Crippen molar-refractivity contribution in [2.75, 3.05) is 17.7 Å². The number of fused-ring (bicyclic) bond motifs is 2. The van der Waals surface area contributed by atoms with Crippen LogP contribution in [-0.4, -0.2) is 23.6 Å². The Balaban J connectivity index is 1.67. The predicted octanol–water partition coefficient (Wildman–Crippen LogP) is 4.35. The zero-order valence-corrected chi connectivity index (χ0v) is 15.8. The molecule has 4 nitrogen and oxygen atoms in total. The van der Waals surface area contributed by atoms with Gasteiger partial charge in [0, 0.05) is 23.7 Å². The second-order valence-electron chi connectivity index (χ2n) is 7.08. The molecule has 0 aliphatic heterocycles. The van der Waals surface area contributed by atoms with Gasteiger partial charge in [-0.15, -0.1) is 11.6 Å². The molecule has 2 aromatic carbocycles. The predicted molar refractivity (Wildman–Crippen MR) is 110 cm³/mol. The molecule has 1 aliphatic rings. The zero-order chi connectivity index (χ0) is 18.8. The van der Waals surface area contributed by atoms with Gasteiger partial charge >= 0.3 is 5.63 Å². The molecule has 1 aromatic heterocycles. The second-order valence-corrected chi connectivity index (χ2v) is 7.39. The highest BCUT2D eigenvalue weighted by atomic mass is 35.5. The standard InChI is InChI=1S/C22H22ClNO3/c23-12-19(25)13-24-18-8-7-17-10-20(22(26)27-21(17)11-18)16-6-5-14-3-1-2-4-15(14)9-16/h5-11,19,24-25H,1-4,12-13H2. The number of hydrogen-bond donors (Lipinski definition) is 2. The van der Waals surface area contributed by atoms with E-state index in [0.717, 1.165) is 29.5 Å². The number of anilines is 1. The number of aryl methyl sites for hydroxylation is 2. The van der Waals surface area contributed by atoms with E-state index in [4.69, 9.17) is 16.0 Å². The van der Waals surface area contributed by atoms with Gasteiger partial charge in [0.2, 0.25) is 0 Å². The van der Waals surface area contributed by atoms with Crippen molar-refractivity contribution in [3.05, 3.63) is 64.0 Å². The number of rotatable bonds is 5. The second kappa shape index (κ2) is 7.75. The number of alkyl halides is 1. The van der Waals surface area contributed by atoms with Crippen molar-refractivity contribution >= 4 is 28.3 Å². The lowest BCUT2D eigenvalue weighted by atomic mass is 9.89. The Bertz CT molecular complexity index is 1030. The summed E-state index contributed by atoms with van der Waals surface area (Å²) in [7, 11) is 0. The molecular formula is C22H22ClNO3. The van der Waals surface area contributed by atoms with E-state index in [1.54, 1.807) is 6.07 Å². The summed E-state index contributed by atoms with van der Waals surface area (Å²) in [4.78, 5) is 12.6. The van der Waals surface area contributed by atoms with Crippen molar-refractivity contribution < 1.29 is 9.52 Å². The van der Waals surface area contributed by atoms with Gasteiger partial charge in [0.25, 0.3) is 0 Å². The number of hydrogen-bond acceptors (Lipinski definition) is 4. The Morgan fingerprint density at radius 1 is 1.07 bits per heavy atom. The Morgan fingerprint density at radius 3 is 2.70 bits per heavy atom. The van der Waals surface area contributed by atoms with Crippen LogP contribution in [-0.2, 0) is 12.8 Å². The maximum Gasteiger partial charge on any atom is 0.344 e. The van der Waals surface area contributed by atoms with E-state index in [2.05, 4.69) is 17.4 Å². The van der Waals surface area contributed by atoms with Crippen molar-refractivity contribution in [3.63, 3.8) is 0 Å². The average molecular weight is 384 g/mol. The third-order valence-electron chi connectivity index (χ3n) is 5.12. The van der Waals surface area contributed by atoms with Crippen LogP contribution in [0.15, 0.2) is 51.7 Å². The molecule has 0 amide bonds.